The molecule has 15 heavy (non-hydrogen) atoms. The molecule has 0 radical (unpaired) electrons. The van der Waals surface area contributed by atoms with Crippen molar-refractivity contribution in [2.45, 2.75) is 39.5 Å². The summed E-state index contributed by atoms with van der Waals surface area (Å²) < 4.78 is 0. The lowest BCUT2D eigenvalue weighted by atomic mass is 9.47. The summed E-state index contributed by atoms with van der Waals surface area (Å²) in [4.78, 5) is 4.92. The highest BCUT2D eigenvalue weighted by molar-refractivity contribution is 5.33. The Kier molecular flexibility index (Phi) is 1.88. The van der Waals surface area contributed by atoms with Crippen molar-refractivity contribution in [1.29, 1.82) is 0 Å². The van der Waals surface area contributed by atoms with Crippen LogP contribution in [-0.4, -0.2) is 6.61 Å². The molecule has 2 atom stereocenters. The third-order valence-corrected chi connectivity index (χ3v) is 5.29. The maximum atomic E-state index is 5.26. The van der Waals surface area contributed by atoms with Crippen LogP contribution in [-0.2, 0) is 4.84 Å². The molecule has 2 fully saturated rings. The second-order valence-electron chi connectivity index (χ2n) is 6.29. The predicted octanol–water partition coefficient (Wildman–Crippen LogP) is 2.65. The fourth-order valence-electron chi connectivity index (χ4n) is 3.77. The third-order valence-electron chi connectivity index (χ3n) is 5.29. The highest BCUT2D eigenvalue weighted by Crippen LogP contribution is 2.67. The Morgan fingerprint density at radius 2 is 2.20 bits per heavy atom. The van der Waals surface area contributed by atoms with Gasteiger partial charge < -0.3 is 4.84 Å². The fourth-order valence-corrected chi connectivity index (χ4v) is 3.77. The van der Waals surface area contributed by atoms with Gasteiger partial charge in [0.15, 0.2) is 0 Å². The Balaban J connectivity index is 1.86. The maximum absolute atomic E-state index is 5.26. The first-order chi connectivity index (χ1) is 7.10. The summed E-state index contributed by atoms with van der Waals surface area (Å²) >= 11 is 0. The van der Waals surface area contributed by atoms with Gasteiger partial charge in [-0.1, -0.05) is 25.5 Å². The van der Waals surface area contributed by atoms with Gasteiger partial charge in [-0.05, 0) is 42.9 Å². The molecule has 2 N–H and O–H groups in total. The van der Waals surface area contributed by atoms with Gasteiger partial charge in [-0.15, -0.1) is 0 Å². The summed E-state index contributed by atoms with van der Waals surface area (Å²) in [5.41, 5.74) is 2.57. The quantitative estimate of drug-likeness (QED) is 0.570. The van der Waals surface area contributed by atoms with Crippen LogP contribution in [0.3, 0.4) is 0 Å². The molecule has 0 heterocycles. The van der Waals surface area contributed by atoms with Crippen LogP contribution in [0.25, 0.3) is 0 Å². The average molecular weight is 207 g/mol. The minimum absolute atomic E-state index is 0.349. The van der Waals surface area contributed by atoms with Crippen molar-refractivity contribution in [2.75, 3.05) is 6.61 Å². The minimum atomic E-state index is 0.349. The topological polar surface area (TPSA) is 35.2 Å². The van der Waals surface area contributed by atoms with Crippen LogP contribution in [0, 0.1) is 22.7 Å². The lowest BCUT2D eigenvalue weighted by Gasteiger charge is -2.58. The molecule has 0 aromatic heterocycles. The average Bonchev–Trinajstić information content (AvgIpc) is 2.99. The largest absolute Gasteiger partial charge is 0.304 e. The third kappa shape index (κ3) is 1.18. The van der Waals surface area contributed by atoms with Gasteiger partial charge in [0.1, 0.15) is 0 Å². The second kappa shape index (κ2) is 2.86. The van der Waals surface area contributed by atoms with Gasteiger partial charge in [0.25, 0.3) is 0 Å². The molecule has 2 unspecified atom stereocenters. The molecule has 4 aliphatic carbocycles. The molecule has 2 nitrogen and oxygen atoms in total. The molecule has 2 bridgehead atoms. The fraction of sp³-hybridized carbons (Fsp3) is 0.846. The number of rotatable bonds is 3. The Morgan fingerprint density at radius 3 is 2.67 bits per heavy atom. The van der Waals surface area contributed by atoms with Crippen molar-refractivity contribution >= 4 is 0 Å². The van der Waals surface area contributed by atoms with E-state index >= 15 is 0 Å². The van der Waals surface area contributed by atoms with Gasteiger partial charge in [0.05, 0.1) is 6.61 Å². The van der Waals surface area contributed by atoms with E-state index in [1.54, 1.807) is 5.57 Å². The molecule has 0 amide bonds. The first-order valence-electron chi connectivity index (χ1n) is 6.12. The Labute approximate surface area is 91.8 Å². The van der Waals surface area contributed by atoms with E-state index in [-0.39, 0.29) is 0 Å². The first-order valence-corrected chi connectivity index (χ1v) is 6.12. The van der Waals surface area contributed by atoms with Crippen LogP contribution in [0.15, 0.2) is 11.6 Å². The Hall–Kier alpha value is -0.340. The summed E-state index contributed by atoms with van der Waals surface area (Å²) in [5, 5.41) is 0. The second-order valence-corrected chi connectivity index (χ2v) is 6.29. The van der Waals surface area contributed by atoms with Crippen LogP contribution in [0.1, 0.15) is 39.5 Å². The van der Waals surface area contributed by atoms with Gasteiger partial charge in [0.2, 0.25) is 0 Å². The maximum Gasteiger partial charge on any atom is 0.0772 e. The normalized spacial score (nSPS) is 39.3. The molecular formula is C13H21NO. The monoisotopic (exact) mass is 207 g/mol. The van der Waals surface area contributed by atoms with E-state index in [9.17, 15) is 0 Å². The number of hydrogen-bond acceptors (Lipinski definition) is 2. The van der Waals surface area contributed by atoms with Gasteiger partial charge in [-0.25, -0.2) is 5.90 Å². The first kappa shape index (κ1) is 9.86. The highest BCUT2D eigenvalue weighted by atomic mass is 16.6. The lowest BCUT2D eigenvalue weighted by Crippen LogP contribution is -2.50. The van der Waals surface area contributed by atoms with E-state index in [0.29, 0.717) is 10.8 Å². The van der Waals surface area contributed by atoms with Crippen molar-refractivity contribution in [2.24, 2.45) is 28.6 Å². The van der Waals surface area contributed by atoms with E-state index in [0.717, 1.165) is 18.4 Å². The number of hydrogen-bond donors (Lipinski definition) is 1. The van der Waals surface area contributed by atoms with Crippen LogP contribution in [0.5, 0.6) is 0 Å². The lowest BCUT2D eigenvalue weighted by molar-refractivity contribution is -0.0216. The zero-order valence-corrected chi connectivity index (χ0v) is 9.75. The number of allylic oxidation sites excluding steroid dienone is 1. The number of nitrogens with two attached hydrogens (primary N) is 1. The number of fused-ring (bicyclic) bond motifs is 1. The highest BCUT2D eigenvalue weighted by Gasteiger charge is 2.58. The summed E-state index contributed by atoms with van der Waals surface area (Å²) in [6, 6.07) is 0. The van der Waals surface area contributed by atoms with Crippen LogP contribution < -0.4 is 5.90 Å². The summed E-state index contributed by atoms with van der Waals surface area (Å²) in [6.45, 7) is 5.59. The molecule has 4 rings (SSSR count). The van der Waals surface area contributed by atoms with Crippen LogP contribution >= 0.6 is 0 Å². The zero-order chi connectivity index (χ0) is 10.7. The SMILES string of the molecule is CC1(C)C2CC=C(C3(CON)CC3)C1C2. The molecular weight excluding hydrogens is 186 g/mol. The van der Waals surface area contributed by atoms with E-state index in [4.69, 9.17) is 10.7 Å². The van der Waals surface area contributed by atoms with Gasteiger partial charge in [-0.3, -0.25) is 0 Å². The Bertz CT molecular complexity index is 314. The van der Waals surface area contributed by atoms with E-state index in [1.807, 2.05) is 0 Å². The summed E-state index contributed by atoms with van der Waals surface area (Å²) in [7, 11) is 0. The predicted molar refractivity (Wildman–Crippen MR) is 59.9 cm³/mol. The van der Waals surface area contributed by atoms with Crippen molar-refractivity contribution in [1.82, 2.24) is 0 Å². The standard InChI is InChI=1S/C13H21NO/c1-12(2)9-3-4-10(11(12)7-9)13(5-6-13)8-15-14/h4,9,11H,3,5-8,14H2,1-2H3. The van der Waals surface area contributed by atoms with E-state index in [2.05, 4.69) is 19.9 Å². The molecule has 0 aliphatic heterocycles. The zero-order valence-electron chi connectivity index (χ0n) is 9.75. The molecule has 0 saturated heterocycles. The molecule has 84 valence electrons. The molecule has 2 saturated carbocycles. The molecule has 0 aromatic rings. The van der Waals surface area contributed by atoms with Crippen LogP contribution in [0.4, 0.5) is 0 Å². The van der Waals surface area contributed by atoms with Crippen molar-refractivity contribution in [3.05, 3.63) is 11.6 Å². The summed E-state index contributed by atoms with van der Waals surface area (Å²) in [6.07, 6.45) is 7.76. The summed E-state index contributed by atoms with van der Waals surface area (Å²) in [5.74, 6) is 7.01. The van der Waals surface area contributed by atoms with Gasteiger partial charge in [-0.2, -0.15) is 0 Å². The van der Waals surface area contributed by atoms with Crippen molar-refractivity contribution in [3.8, 4) is 0 Å². The van der Waals surface area contributed by atoms with Crippen molar-refractivity contribution < 1.29 is 4.84 Å². The molecule has 0 aromatic carbocycles. The Morgan fingerprint density at radius 1 is 1.47 bits per heavy atom. The van der Waals surface area contributed by atoms with Gasteiger partial charge in [0, 0.05) is 5.41 Å². The smallest absolute Gasteiger partial charge is 0.0772 e. The molecule has 2 heteroatoms. The van der Waals surface area contributed by atoms with Crippen LogP contribution in [0.2, 0.25) is 0 Å². The molecule has 4 aliphatic rings. The van der Waals surface area contributed by atoms with E-state index in [1.165, 1.54) is 25.7 Å². The van der Waals surface area contributed by atoms with E-state index < -0.39 is 0 Å². The van der Waals surface area contributed by atoms with Crippen molar-refractivity contribution in [3.63, 3.8) is 0 Å². The molecule has 0 spiro atoms. The minimum Gasteiger partial charge on any atom is -0.304 e. The van der Waals surface area contributed by atoms with Gasteiger partial charge >= 0.3 is 0 Å².